The lowest BCUT2D eigenvalue weighted by Crippen LogP contribution is -2.49. The Morgan fingerprint density at radius 1 is 0.950 bits per heavy atom. The minimum atomic E-state index is -1.17. The summed E-state index contributed by atoms with van der Waals surface area (Å²) < 4.78 is 11.0. The third-order valence-electron chi connectivity index (χ3n) is 6.35. The number of hydrogen-bond donors (Lipinski definition) is 1. The number of esters is 1. The summed E-state index contributed by atoms with van der Waals surface area (Å²) in [4.78, 5) is 52.8. The molecule has 3 aromatic carbocycles. The number of amides is 3. The Hall–Kier alpha value is -5.23. The molecule has 40 heavy (non-hydrogen) atoms. The van der Waals surface area contributed by atoms with Gasteiger partial charge in [-0.05, 0) is 47.4 Å². The summed E-state index contributed by atoms with van der Waals surface area (Å²) in [5.41, 5.74) is 1.71. The van der Waals surface area contributed by atoms with Gasteiger partial charge < -0.3 is 14.8 Å². The molecule has 1 heterocycles. The van der Waals surface area contributed by atoms with Crippen molar-refractivity contribution in [1.29, 1.82) is 5.26 Å². The maximum Gasteiger partial charge on any atom is 0.335 e. The average Bonchev–Trinajstić information content (AvgIpc) is 3.21. The van der Waals surface area contributed by atoms with Crippen LogP contribution in [0.1, 0.15) is 45.7 Å². The quantitative estimate of drug-likeness (QED) is 0.143. The van der Waals surface area contributed by atoms with Gasteiger partial charge in [0.2, 0.25) is 0 Å². The van der Waals surface area contributed by atoms with Crippen molar-refractivity contribution in [1.82, 2.24) is 10.2 Å². The van der Waals surface area contributed by atoms with E-state index in [0.29, 0.717) is 5.56 Å². The predicted molar refractivity (Wildman–Crippen MR) is 146 cm³/mol. The Morgan fingerprint density at radius 3 is 2.15 bits per heavy atom. The highest BCUT2D eigenvalue weighted by atomic mass is 16.6. The molecule has 202 valence electrons. The number of carbonyl (C=O) groups excluding carboxylic acids is 4. The summed E-state index contributed by atoms with van der Waals surface area (Å²) in [6.45, 7) is 3.70. The second kappa shape index (κ2) is 12.1. The van der Waals surface area contributed by atoms with Crippen molar-refractivity contribution in [3.8, 4) is 17.6 Å². The Morgan fingerprint density at radius 2 is 1.57 bits per heavy atom. The number of nitriles is 1. The number of benzene rings is 3. The molecule has 1 atom stereocenters. The molecule has 0 aromatic heterocycles. The summed E-state index contributed by atoms with van der Waals surface area (Å²) in [5, 5.41) is 12.3. The number of fused-ring (bicyclic) bond motifs is 1. The zero-order valence-corrected chi connectivity index (χ0v) is 22.2. The molecule has 1 unspecified atom stereocenters. The number of methoxy groups -OCH3 is 1. The van der Waals surface area contributed by atoms with E-state index in [1.165, 1.54) is 25.3 Å². The largest absolute Gasteiger partial charge is 0.493 e. The van der Waals surface area contributed by atoms with Gasteiger partial charge in [0.1, 0.15) is 17.7 Å². The first-order valence-electron chi connectivity index (χ1n) is 12.6. The van der Waals surface area contributed by atoms with Gasteiger partial charge in [-0.15, -0.1) is 0 Å². The average molecular weight is 538 g/mol. The lowest BCUT2D eigenvalue weighted by atomic mass is 10.0. The summed E-state index contributed by atoms with van der Waals surface area (Å²) in [7, 11) is 1.38. The van der Waals surface area contributed by atoms with E-state index in [1.807, 2.05) is 36.4 Å². The molecule has 0 saturated carbocycles. The van der Waals surface area contributed by atoms with E-state index in [9.17, 15) is 24.4 Å². The zero-order chi connectivity index (χ0) is 28.8. The molecule has 0 fully saturated rings. The Kier molecular flexibility index (Phi) is 8.40. The standard InChI is InChI=1S/C31H27N3O6/c1-19(2)27(34-29(36)23-11-7-8-12-24(23)30(34)37)31(38)40-25-14-13-21(16-26(25)39-3)15-22(17-32)28(35)33-18-20-9-5-4-6-10-20/h4-16,19,27H,18H2,1-3H3,(H,33,35)/b22-15+. The van der Waals surface area contributed by atoms with Crippen molar-refractivity contribution in [3.63, 3.8) is 0 Å². The van der Waals surface area contributed by atoms with Crippen molar-refractivity contribution in [3.05, 3.63) is 101 Å². The molecule has 0 bridgehead atoms. The number of carbonyl (C=O) groups is 4. The number of ether oxygens (including phenoxy) is 2. The topological polar surface area (TPSA) is 126 Å². The number of hydrogen-bond acceptors (Lipinski definition) is 7. The van der Waals surface area contributed by atoms with Crippen LogP contribution in [0, 0.1) is 17.2 Å². The van der Waals surface area contributed by atoms with Gasteiger partial charge in [0.25, 0.3) is 17.7 Å². The SMILES string of the molecule is COc1cc(/C=C(\C#N)C(=O)NCc2ccccc2)ccc1OC(=O)C(C(C)C)N1C(=O)c2ccccc2C1=O. The van der Waals surface area contributed by atoms with Crippen LogP contribution < -0.4 is 14.8 Å². The highest BCUT2D eigenvalue weighted by Crippen LogP contribution is 2.32. The molecule has 4 rings (SSSR count). The minimum Gasteiger partial charge on any atom is -0.493 e. The van der Waals surface area contributed by atoms with Crippen LogP contribution >= 0.6 is 0 Å². The fourth-order valence-corrected chi connectivity index (χ4v) is 4.35. The highest BCUT2D eigenvalue weighted by molar-refractivity contribution is 6.22. The second-order valence-corrected chi connectivity index (χ2v) is 9.38. The van der Waals surface area contributed by atoms with Crippen molar-refractivity contribution in [2.75, 3.05) is 7.11 Å². The Balaban J connectivity index is 1.52. The maximum atomic E-state index is 13.3. The molecule has 1 aliphatic rings. The Bertz CT molecular complexity index is 1500. The number of rotatable bonds is 9. The van der Waals surface area contributed by atoms with Crippen molar-refractivity contribution >= 4 is 29.8 Å². The highest BCUT2D eigenvalue weighted by Gasteiger charge is 2.45. The van der Waals surface area contributed by atoms with Gasteiger partial charge >= 0.3 is 5.97 Å². The van der Waals surface area contributed by atoms with Crippen molar-refractivity contribution in [2.45, 2.75) is 26.4 Å². The normalized spacial score (nSPS) is 13.5. The summed E-state index contributed by atoms with van der Waals surface area (Å²) in [6.07, 6.45) is 1.39. The van der Waals surface area contributed by atoms with Gasteiger partial charge in [0.15, 0.2) is 11.5 Å². The molecule has 9 heteroatoms. The molecular weight excluding hydrogens is 510 g/mol. The van der Waals surface area contributed by atoms with Crippen LogP contribution in [-0.4, -0.2) is 41.7 Å². The monoisotopic (exact) mass is 537 g/mol. The summed E-state index contributed by atoms with van der Waals surface area (Å²) in [5.74, 6) is -2.68. The van der Waals surface area contributed by atoms with E-state index in [0.717, 1.165) is 10.5 Å². The van der Waals surface area contributed by atoms with Gasteiger partial charge in [0, 0.05) is 6.54 Å². The van der Waals surface area contributed by atoms with Gasteiger partial charge in [-0.3, -0.25) is 19.3 Å². The molecule has 1 N–H and O–H groups in total. The summed E-state index contributed by atoms with van der Waals surface area (Å²) >= 11 is 0. The van der Waals surface area contributed by atoms with Crippen LogP contribution in [0.25, 0.3) is 6.08 Å². The number of nitrogens with one attached hydrogen (secondary N) is 1. The van der Waals surface area contributed by atoms with Crippen LogP contribution in [0.4, 0.5) is 0 Å². The van der Waals surface area contributed by atoms with E-state index in [4.69, 9.17) is 9.47 Å². The minimum absolute atomic E-state index is 0.0546. The zero-order valence-electron chi connectivity index (χ0n) is 22.2. The maximum absolute atomic E-state index is 13.3. The van der Waals surface area contributed by atoms with E-state index < -0.39 is 35.7 Å². The summed E-state index contributed by atoms with van der Waals surface area (Å²) in [6, 6.07) is 20.9. The van der Waals surface area contributed by atoms with Crippen LogP contribution in [0.15, 0.2) is 78.4 Å². The van der Waals surface area contributed by atoms with Gasteiger partial charge in [-0.25, -0.2) is 4.79 Å². The molecule has 1 aliphatic heterocycles. The lowest BCUT2D eigenvalue weighted by Gasteiger charge is -2.27. The first-order valence-corrected chi connectivity index (χ1v) is 12.6. The fourth-order valence-electron chi connectivity index (χ4n) is 4.35. The molecule has 0 saturated heterocycles. The van der Waals surface area contributed by atoms with Crippen LogP contribution in [-0.2, 0) is 16.1 Å². The van der Waals surface area contributed by atoms with Crippen molar-refractivity contribution < 1.29 is 28.7 Å². The van der Waals surface area contributed by atoms with Crippen molar-refractivity contribution in [2.24, 2.45) is 5.92 Å². The smallest absolute Gasteiger partial charge is 0.335 e. The van der Waals surface area contributed by atoms with E-state index in [-0.39, 0.29) is 34.7 Å². The van der Waals surface area contributed by atoms with Gasteiger partial charge in [0.05, 0.1) is 18.2 Å². The number of imide groups is 1. The molecule has 3 aromatic rings. The number of nitrogens with zero attached hydrogens (tertiary/aromatic N) is 2. The first-order chi connectivity index (χ1) is 19.2. The van der Waals surface area contributed by atoms with E-state index >= 15 is 0 Å². The second-order valence-electron chi connectivity index (χ2n) is 9.38. The fraction of sp³-hybridized carbons (Fsp3) is 0.194. The third kappa shape index (κ3) is 5.76. The Labute approximate surface area is 231 Å². The molecule has 9 nitrogen and oxygen atoms in total. The van der Waals surface area contributed by atoms with Gasteiger partial charge in [-0.1, -0.05) is 62.4 Å². The third-order valence-corrected chi connectivity index (χ3v) is 6.35. The van der Waals surface area contributed by atoms with Gasteiger partial charge in [-0.2, -0.15) is 5.26 Å². The van der Waals surface area contributed by atoms with E-state index in [2.05, 4.69) is 5.32 Å². The van der Waals surface area contributed by atoms with E-state index in [1.54, 1.807) is 44.2 Å². The molecule has 3 amide bonds. The predicted octanol–water partition coefficient (Wildman–Crippen LogP) is 4.14. The molecular formula is C31H27N3O6. The molecule has 0 spiro atoms. The molecule has 0 aliphatic carbocycles. The van der Waals surface area contributed by atoms with Crippen LogP contribution in [0.5, 0.6) is 11.5 Å². The lowest BCUT2D eigenvalue weighted by molar-refractivity contribution is -0.140. The van der Waals surface area contributed by atoms with Crippen LogP contribution in [0.2, 0.25) is 0 Å². The molecule has 0 radical (unpaired) electrons. The first kappa shape index (κ1) is 27.8. The van der Waals surface area contributed by atoms with Crippen LogP contribution in [0.3, 0.4) is 0 Å².